The highest BCUT2D eigenvalue weighted by atomic mass is 19.3. The molecule has 1 aromatic carbocycles. The number of rotatable bonds is 2. The Labute approximate surface area is 122 Å². The van der Waals surface area contributed by atoms with Gasteiger partial charge in [0.25, 0.3) is 5.92 Å². The van der Waals surface area contributed by atoms with E-state index >= 15 is 0 Å². The highest BCUT2D eigenvalue weighted by molar-refractivity contribution is 5.65. The van der Waals surface area contributed by atoms with Crippen molar-refractivity contribution in [3.63, 3.8) is 0 Å². The van der Waals surface area contributed by atoms with Gasteiger partial charge in [-0.05, 0) is 12.0 Å². The van der Waals surface area contributed by atoms with E-state index in [1.54, 1.807) is 4.90 Å². The van der Waals surface area contributed by atoms with Gasteiger partial charge in [0, 0.05) is 25.7 Å². The highest BCUT2D eigenvalue weighted by Gasteiger charge is 2.56. The lowest BCUT2D eigenvalue weighted by molar-refractivity contribution is -0.0465. The summed E-state index contributed by atoms with van der Waals surface area (Å²) in [6, 6.07) is 9.31. The van der Waals surface area contributed by atoms with Crippen LogP contribution in [0.4, 0.5) is 13.6 Å². The highest BCUT2D eigenvalue weighted by Crippen LogP contribution is 2.42. The van der Waals surface area contributed by atoms with Gasteiger partial charge in [-0.15, -0.1) is 0 Å². The Hall–Kier alpha value is -1.69. The molecular formula is C15H18F2N2O2. The van der Waals surface area contributed by atoms with Crippen LogP contribution >= 0.6 is 0 Å². The second-order valence-corrected chi connectivity index (χ2v) is 5.84. The maximum atomic E-state index is 14.2. The predicted molar refractivity (Wildman–Crippen MR) is 73.3 cm³/mol. The molecule has 4 nitrogen and oxygen atoms in total. The molecule has 2 fully saturated rings. The molecule has 0 spiro atoms. The summed E-state index contributed by atoms with van der Waals surface area (Å²) in [6.07, 6.45) is -0.634. The Morgan fingerprint density at radius 3 is 2.71 bits per heavy atom. The molecule has 0 saturated carbocycles. The number of amides is 1. The third-order valence-corrected chi connectivity index (χ3v) is 4.50. The Kier molecular flexibility index (Phi) is 3.57. The van der Waals surface area contributed by atoms with Crippen molar-refractivity contribution in [3.05, 3.63) is 35.9 Å². The first-order chi connectivity index (χ1) is 9.97. The van der Waals surface area contributed by atoms with Crippen molar-refractivity contribution < 1.29 is 18.7 Å². The third kappa shape index (κ3) is 2.72. The number of carboxylic acid groups (broad SMARTS) is 1. The minimum Gasteiger partial charge on any atom is -0.465 e. The van der Waals surface area contributed by atoms with E-state index in [1.807, 2.05) is 30.3 Å². The van der Waals surface area contributed by atoms with Crippen LogP contribution in [0.15, 0.2) is 30.3 Å². The monoisotopic (exact) mass is 296 g/mol. The second kappa shape index (κ2) is 5.26. The normalized spacial score (nSPS) is 28.4. The van der Waals surface area contributed by atoms with Gasteiger partial charge in [0.05, 0.1) is 12.5 Å². The molecule has 3 rings (SSSR count). The van der Waals surface area contributed by atoms with E-state index < -0.39 is 17.9 Å². The van der Waals surface area contributed by atoms with Crippen molar-refractivity contribution in [2.75, 3.05) is 19.6 Å². The molecule has 2 aliphatic heterocycles. The number of piperidine rings is 1. The van der Waals surface area contributed by atoms with Crippen molar-refractivity contribution in [1.29, 1.82) is 0 Å². The molecular weight excluding hydrogens is 278 g/mol. The van der Waals surface area contributed by atoms with Gasteiger partial charge in [0.1, 0.15) is 0 Å². The zero-order chi connectivity index (χ0) is 15.0. The van der Waals surface area contributed by atoms with Gasteiger partial charge in [-0.25, -0.2) is 13.6 Å². The molecule has 1 amide bonds. The van der Waals surface area contributed by atoms with Crippen molar-refractivity contribution >= 4 is 6.09 Å². The third-order valence-electron chi connectivity index (χ3n) is 4.50. The van der Waals surface area contributed by atoms with Crippen LogP contribution in [-0.2, 0) is 6.54 Å². The second-order valence-electron chi connectivity index (χ2n) is 5.84. The van der Waals surface area contributed by atoms with E-state index in [9.17, 15) is 13.6 Å². The SMILES string of the molecule is O=C(O)N1CCC2C(C1)C(F)(F)CN2Cc1ccccc1. The summed E-state index contributed by atoms with van der Waals surface area (Å²) in [7, 11) is 0. The van der Waals surface area contributed by atoms with Crippen LogP contribution in [0.25, 0.3) is 0 Å². The summed E-state index contributed by atoms with van der Waals surface area (Å²) in [5, 5.41) is 9.00. The van der Waals surface area contributed by atoms with E-state index in [1.165, 1.54) is 0 Å². The first-order valence-electron chi connectivity index (χ1n) is 7.11. The molecule has 1 N–H and O–H groups in total. The lowest BCUT2D eigenvalue weighted by Crippen LogP contribution is -2.50. The molecule has 2 atom stereocenters. The first kappa shape index (κ1) is 14.3. The fourth-order valence-electron chi connectivity index (χ4n) is 3.46. The van der Waals surface area contributed by atoms with E-state index in [-0.39, 0.29) is 19.1 Å². The predicted octanol–water partition coefficient (Wildman–Crippen LogP) is 2.51. The minimum atomic E-state index is -2.83. The lowest BCUT2D eigenvalue weighted by atomic mass is 9.90. The zero-order valence-corrected chi connectivity index (χ0v) is 11.6. The Morgan fingerprint density at radius 1 is 1.33 bits per heavy atom. The summed E-state index contributed by atoms with van der Waals surface area (Å²) in [5.41, 5.74) is 1.01. The zero-order valence-electron chi connectivity index (χ0n) is 11.6. The molecule has 2 unspecified atom stereocenters. The van der Waals surface area contributed by atoms with Crippen molar-refractivity contribution in [2.45, 2.75) is 24.9 Å². The summed E-state index contributed by atoms with van der Waals surface area (Å²) < 4.78 is 28.4. The van der Waals surface area contributed by atoms with Gasteiger partial charge < -0.3 is 10.0 Å². The van der Waals surface area contributed by atoms with Crippen LogP contribution < -0.4 is 0 Å². The number of hydrogen-bond acceptors (Lipinski definition) is 2. The minimum absolute atomic E-state index is 0.0711. The summed E-state index contributed by atoms with van der Waals surface area (Å²) in [5.74, 6) is -3.72. The van der Waals surface area contributed by atoms with Crippen LogP contribution in [0.2, 0.25) is 0 Å². The van der Waals surface area contributed by atoms with Crippen LogP contribution in [0, 0.1) is 5.92 Å². The lowest BCUT2D eigenvalue weighted by Gasteiger charge is -2.37. The van der Waals surface area contributed by atoms with Crippen molar-refractivity contribution in [2.24, 2.45) is 5.92 Å². The average molecular weight is 296 g/mol. The van der Waals surface area contributed by atoms with Crippen LogP contribution in [0.1, 0.15) is 12.0 Å². The maximum absolute atomic E-state index is 14.2. The molecule has 2 saturated heterocycles. The molecule has 21 heavy (non-hydrogen) atoms. The topological polar surface area (TPSA) is 43.8 Å². The number of hydrogen-bond donors (Lipinski definition) is 1. The molecule has 1 aromatic rings. The van der Waals surface area contributed by atoms with Crippen LogP contribution in [-0.4, -0.2) is 52.6 Å². The Balaban J connectivity index is 1.76. The number of carbonyl (C=O) groups is 1. The first-order valence-corrected chi connectivity index (χ1v) is 7.11. The van der Waals surface area contributed by atoms with Gasteiger partial charge in [-0.3, -0.25) is 4.90 Å². The molecule has 6 heteroatoms. The molecule has 0 aliphatic carbocycles. The number of fused-ring (bicyclic) bond motifs is 1. The molecule has 0 aromatic heterocycles. The molecule has 0 bridgehead atoms. The van der Waals surface area contributed by atoms with Crippen molar-refractivity contribution in [1.82, 2.24) is 9.80 Å². The number of halogens is 2. The van der Waals surface area contributed by atoms with Gasteiger partial charge in [-0.2, -0.15) is 0 Å². The van der Waals surface area contributed by atoms with Gasteiger partial charge >= 0.3 is 6.09 Å². The van der Waals surface area contributed by atoms with E-state index in [0.717, 1.165) is 10.5 Å². The van der Waals surface area contributed by atoms with E-state index in [2.05, 4.69) is 0 Å². The van der Waals surface area contributed by atoms with Crippen LogP contribution in [0.5, 0.6) is 0 Å². The van der Waals surface area contributed by atoms with Gasteiger partial charge in [0.15, 0.2) is 0 Å². The van der Waals surface area contributed by atoms with Gasteiger partial charge in [-0.1, -0.05) is 30.3 Å². The molecule has 0 radical (unpaired) electrons. The fourth-order valence-corrected chi connectivity index (χ4v) is 3.46. The maximum Gasteiger partial charge on any atom is 0.407 e. The summed E-state index contributed by atoms with van der Waals surface area (Å²) >= 11 is 0. The Bertz CT molecular complexity index is 524. The number of likely N-dealkylation sites (tertiary alicyclic amines) is 2. The molecule has 2 aliphatic rings. The standard InChI is InChI=1S/C15H18F2N2O2/c16-15(17)10-19(8-11-4-2-1-3-5-11)13-6-7-18(14(20)21)9-12(13)15/h1-5,12-13H,6-10H2,(H,20,21). The Morgan fingerprint density at radius 2 is 2.05 bits per heavy atom. The van der Waals surface area contributed by atoms with Crippen LogP contribution in [0.3, 0.4) is 0 Å². The average Bonchev–Trinajstić information content (AvgIpc) is 2.71. The number of nitrogens with zero attached hydrogens (tertiary/aromatic N) is 2. The molecule has 114 valence electrons. The molecule has 2 heterocycles. The largest absolute Gasteiger partial charge is 0.465 e. The summed E-state index contributed by atoms with van der Waals surface area (Å²) in [4.78, 5) is 13.9. The van der Waals surface area contributed by atoms with E-state index in [4.69, 9.17) is 5.11 Å². The van der Waals surface area contributed by atoms with Crippen molar-refractivity contribution in [3.8, 4) is 0 Å². The summed E-state index contributed by atoms with van der Waals surface area (Å²) in [6.45, 7) is 0.464. The van der Waals surface area contributed by atoms with E-state index in [0.29, 0.717) is 19.5 Å². The smallest absolute Gasteiger partial charge is 0.407 e. The fraction of sp³-hybridized carbons (Fsp3) is 0.533. The number of benzene rings is 1. The number of alkyl halides is 2. The van der Waals surface area contributed by atoms with Gasteiger partial charge in [0.2, 0.25) is 0 Å². The quantitative estimate of drug-likeness (QED) is 0.912.